The van der Waals surface area contributed by atoms with Gasteiger partial charge >= 0.3 is 0 Å². The molecule has 0 bridgehead atoms. The molecule has 32 heavy (non-hydrogen) atoms. The maximum Gasteiger partial charge on any atom is 0.228 e. The van der Waals surface area contributed by atoms with Crippen LogP contribution in [-0.4, -0.2) is 44.2 Å². The van der Waals surface area contributed by atoms with Gasteiger partial charge in [-0.25, -0.2) is 9.97 Å². The van der Waals surface area contributed by atoms with Crippen LogP contribution in [0.4, 0.5) is 11.6 Å². The number of carbonyl (C=O) groups is 1. The summed E-state index contributed by atoms with van der Waals surface area (Å²) in [6, 6.07) is 12.5. The Kier molecular flexibility index (Phi) is 6.09. The first-order valence-electron chi connectivity index (χ1n) is 9.59. The van der Waals surface area contributed by atoms with Crippen molar-refractivity contribution in [3.05, 3.63) is 59.1 Å². The molecule has 0 aliphatic carbocycles. The van der Waals surface area contributed by atoms with Crippen LogP contribution in [0.3, 0.4) is 0 Å². The largest absolute Gasteiger partial charge is 0.497 e. The minimum Gasteiger partial charge on any atom is -0.497 e. The first kappa shape index (κ1) is 21.4. The lowest BCUT2D eigenvalue weighted by Gasteiger charge is -2.14. The lowest BCUT2D eigenvalue weighted by atomic mass is 10.1. The summed E-state index contributed by atoms with van der Waals surface area (Å²) in [4.78, 5) is 22.6. The van der Waals surface area contributed by atoms with Crippen molar-refractivity contribution >= 4 is 39.0 Å². The number of nitrogens with zero attached hydrogens (tertiary/aromatic N) is 2. The molecule has 0 unspecified atom stereocenters. The zero-order chi connectivity index (χ0) is 22.7. The van der Waals surface area contributed by atoms with Crippen molar-refractivity contribution in [2.75, 3.05) is 33.8 Å². The van der Waals surface area contributed by atoms with Gasteiger partial charge < -0.3 is 24.3 Å². The zero-order valence-electron chi connectivity index (χ0n) is 18.0. The third-order valence-corrected chi connectivity index (χ3v) is 5.68. The smallest absolute Gasteiger partial charge is 0.228 e. The molecule has 9 heteroatoms. The number of methoxy groups -OCH3 is 4. The summed E-state index contributed by atoms with van der Waals surface area (Å²) in [6.07, 6.45) is 0. The molecule has 0 spiro atoms. The Morgan fingerprint density at radius 2 is 1.66 bits per heavy atom. The van der Waals surface area contributed by atoms with Gasteiger partial charge in [0.25, 0.3) is 0 Å². The number of fused-ring (bicyclic) bond motifs is 1. The Hall–Kier alpha value is -3.85. The molecule has 0 aliphatic heterocycles. The molecule has 0 atom stereocenters. The van der Waals surface area contributed by atoms with Gasteiger partial charge in [0.1, 0.15) is 11.4 Å². The van der Waals surface area contributed by atoms with E-state index in [1.165, 1.54) is 32.7 Å². The first-order chi connectivity index (χ1) is 15.6. The van der Waals surface area contributed by atoms with Crippen LogP contribution < -0.4 is 24.3 Å². The fourth-order valence-corrected chi connectivity index (χ4v) is 4.07. The van der Waals surface area contributed by atoms with E-state index in [0.29, 0.717) is 44.7 Å². The summed E-state index contributed by atoms with van der Waals surface area (Å²) in [6.45, 7) is 0. The summed E-state index contributed by atoms with van der Waals surface area (Å²) in [7, 11) is 6.12. The number of benzene rings is 2. The molecule has 1 N–H and O–H groups in total. The molecular weight excluding hydrogens is 430 g/mol. The van der Waals surface area contributed by atoms with Gasteiger partial charge in [-0.05, 0) is 35.7 Å². The molecule has 8 nitrogen and oxygen atoms in total. The Labute approximate surface area is 188 Å². The number of anilines is 2. The average molecular weight is 452 g/mol. The Morgan fingerprint density at radius 3 is 2.31 bits per heavy atom. The van der Waals surface area contributed by atoms with Gasteiger partial charge in [0.15, 0.2) is 11.5 Å². The molecule has 0 aliphatic rings. The predicted molar refractivity (Wildman–Crippen MR) is 123 cm³/mol. The summed E-state index contributed by atoms with van der Waals surface area (Å²) in [5.41, 5.74) is 2.06. The number of hydrogen-bond acceptors (Lipinski definition) is 9. The van der Waals surface area contributed by atoms with Crippen molar-refractivity contribution in [2.24, 2.45) is 0 Å². The summed E-state index contributed by atoms with van der Waals surface area (Å²) in [5, 5.41) is 5.03. The maximum atomic E-state index is 13.5. The van der Waals surface area contributed by atoms with Crippen LogP contribution in [0.1, 0.15) is 16.1 Å². The summed E-state index contributed by atoms with van der Waals surface area (Å²) in [5.74, 6) is 1.91. The van der Waals surface area contributed by atoms with E-state index in [1.54, 1.807) is 19.2 Å². The third kappa shape index (κ3) is 4.02. The number of hydrogen-bond donors (Lipinski definition) is 1. The van der Waals surface area contributed by atoms with Crippen molar-refractivity contribution in [2.45, 2.75) is 0 Å². The first-order valence-corrected chi connectivity index (χ1v) is 10.5. The number of ether oxygens (including phenoxy) is 4. The highest BCUT2D eigenvalue weighted by Gasteiger charge is 2.22. The van der Waals surface area contributed by atoms with Crippen LogP contribution in [0.5, 0.6) is 23.0 Å². The number of ketones is 1. The van der Waals surface area contributed by atoms with Crippen molar-refractivity contribution in [3.63, 3.8) is 0 Å². The zero-order valence-corrected chi connectivity index (χ0v) is 18.8. The van der Waals surface area contributed by atoms with E-state index < -0.39 is 0 Å². The van der Waals surface area contributed by atoms with Crippen molar-refractivity contribution < 1.29 is 23.7 Å². The molecule has 0 radical (unpaired) electrons. The molecule has 164 valence electrons. The summed E-state index contributed by atoms with van der Waals surface area (Å²) < 4.78 is 22.1. The van der Waals surface area contributed by atoms with Gasteiger partial charge in [-0.1, -0.05) is 6.07 Å². The number of carbonyl (C=O) groups excluding carboxylic acids is 1. The van der Waals surface area contributed by atoms with Gasteiger partial charge in [0, 0.05) is 17.3 Å². The van der Waals surface area contributed by atoms with Crippen molar-refractivity contribution in [1.29, 1.82) is 0 Å². The van der Waals surface area contributed by atoms with E-state index >= 15 is 0 Å². The molecule has 2 heterocycles. The normalized spacial score (nSPS) is 10.6. The van der Waals surface area contributed by atoms with Crippen LogP contribution in [0.15, 0.2) is 47.8 Å². The molecule has 0 saturated carbocycles. The van der Waals surface area contributed by atoms with E-state index in [1.807, 2.05) is 35.7 Å². The predicted octanol–water partition coefficient (Wildman–Crippen LogP) is 4.70. The Balaban J connectivity index is 1.78. The van der Waals surface area contributed by atoms with Crippen LogP contribution in [-0.2, 0) is 0 Å². The van der Waals surface area contributed by atoms with E-state index in [9.17, 15) is 4.79 Å². The van der Waals surface area contributed by atoms with Crippen molar-refractivity contribution in [1.82, 2.24) is 9.97 Å². The Morgan fingerprint density at radius 1 is 0.906 bits per heavy atom. The number of thiophene rings is 1. The van der Waals surface area contributed by atoms with Gasteiger partial charge in [0.2, 0.25) is 17.5 Å². The molecule has 0 saturated heterocycles. The minimum atomic E-state index is -0.284. The van der Waals surface area contributed by atoms with Crippen LogP contribution in [0.25, 0.3) is 10.2 Å². The van der Waals surface area contributed by atoms with Crippen LogP contribution >= 0.6 is 11.3 Å². The van der Waals surface area contributed by atoms with E-state index in [0.717, 1.165) is 5.69 Å². The summed E-state index contributed by atoms with van der Waals surface area (Å²) >= 11 is 1.40. The molecule has 2 aromatic carbocycles. The topological polar surface area (TPSA) is 91.8 Å². The standard InChI is InChI=1S/C23H21N3O5S/c1-28-15-7-5-6-14(12-15)24-23-25-16-8-9-32-22(16)19(26-23)20(27)13-10-17(29-2)21(31-4)18(11-13)30-3/h5-12H,1-4H3,(H,24,25,26). The second-order valence-corrected chi connectivity index (χ2v) is 7.55. The molecular formula is C23H21N3O5S. The molecule has 4 rings (SSSR count). The highest BCUT2D eigenvalue weighted by Crippen LogP contribution is 2.39. The van der Waals surface area contributed by atoms with Crippen LogP contribution in [0, 0.1) is 0 Å². The lowest BCUT2D eigenvalue weighted by molar-refractivity contribution is 0.103. The molecule has 0 amide bonds. The monoisotopic (exact) mass is 451 g/mol. The van der Waals surface area contributed by atoms with E-state index in [-0.39, 0.29) is 11.5 Å². The molecule has 4 aromatic rings. The Bertz CT molecular complexity index is 1260. The average Bonchev–Trinajstić information content (AvgIpc) is 3.30. The maximum absolute atomic E-state index is 13.5. The van der Waals surface area contributed by atoms with Crippen LogP contribution in [0.2, 0.25) is 0 Å². The number of nitrogens with one attached hydrogen (secondary N) is 1. The lowest BCUT2D eigenvalue weighted by Crippen LogP contribution is -2.09. The van der Waals surface area contributed by atoms with E-state index in [4.69, 9.17) is 18.9 Å². The molecule has 2 aromatic heterocycles. The van der Waals surface area contributed by atoms with Gasteiger partial charge in [0.05, 0.1) is 38.7 Å². The minimum absolute atomic E-state index is 0.282. The SMILES string of the molecule is COc1cccc(Nc2nc(C(=O)c3cc(OC)c(OC)c(OC)c3)c3sccc3n2)c1. The van der Waals surface area contributed by atoms with Gasteiger partial charge in [-0.15, -0.1) is 11.3 Å². The second kappa shape index (κ2) is 9.11. The highest BCUT2D eigenvalue weighted by atomic mass is 32.1. The number of aromatic nitrogens is 2. The molecule has 0 fully saturated rings. The number of rotatable bonds is 8. The third-order valence-electron chi connectivity index (χ3n) is 4.77. The van der Waals surface area contributed by atoms with Gasteiger partial charge in [-0.2, -0.15) is 0 Å². The van der Waals surface area contributed by atoms with E-state index in [2.05, 4.69) is 15.3 Å². The fraction of sp³-hybridized carbons (Fsp3) is 0.174. The van der Waals surface area contributed by atoms with Crippen molar-refractivity contribution in [3.8, 4) is 23.0 Å². The fourth-order valence-electron chi connectivity index (χ4n) is 3.25. The van der Waals surface area contributed by atoms with Gasteiger partial charge in [-0.3, -0.25) is 4.79 Å². The quantitative estimate of drug-likeness (QED) is 0.386. The highest BCUT2D eigenvalue weighted by molar-refractivity contribution is 7.17. The second-order valence-electron chi connectivity index (χ2n) is 6.63.